The Morgan fingerprint density at radius 3 is 2.36 bits per heavy atom. The molecule has 0 heterocycles. The van der Waals surface area contributed by atoms with Gasteiger partial charge in [-0.05, 0) is 55.2 Å². The Hall–Kier alpha value is -1.95. The van der Waals surface area contributed by atoms with Crippen LogP contribution in [0.25, 0.3) is 0 Å². The van der Waals surface area contributed by atoms with Gasteiger partial charge in [0.05, 0.1) is 29.3 Å². The SMILES string of the molecule is COCc1cc(Cl)c(Oc2ccc(OC)c(C(=O)N(C)C3CCC3)c2)c(Cl)c1. The topological polar surface area (TPSA) is 48.0 Å². The van der Waals surface area contributed by atoms with Crippen LogP contribution in [0, 0.1) is 0 Å². The number of hydrogen-bond acceptors (Lipinski definition) is 4. The summed E-state index contributed by atoms with van der Waals surface area (Å²) in [5, 5.41) is 0.740. The Morgan fingerprint density at radius 1 is 1.14 bits per heavy atom. The molecular weight excluding hydrogens is 401 g/mol. The van der Waals surface area contributed by atoms with Gasteiger partial charge in [0.15, 0.2) is 5.75 Å². The third kappa shape index (κ3) is 4.37. The largest absolute Gasteiger partial charge is 0.496 e. The molecule has 0 saturated heterocycles. The molecule has 1 amide bonds. The van der Waals surface area contributed by atoms with E-state index >= 15 is 0 Å². The fourth-order valence-electron chi connectivity index (χ4n) is 3.13. The number of ether oxygens (including phenoxy) is 3. The first-order chi connectivity index (χ1) is 13.4. The highest BCUT2D eigenvalue weighted by Gasteiger charge is 2.28. The molecule has 0 atom stereocenters. The quantitative estimate of drug-likeness (QED) is 0.584. The van der Waals surface area contributed by atoms with Crippen LogP contribution in [0.4, 0.5) is 0 Å². The van der Waals surface area contributed by atoms with Gasteiger partial charge in [0, 0.05) is 20.2 Å². The molecular formula is C21H23Cl2NO4. The lowest BCUT2D eigenvalue weighted by Gasteiger charge is -2.35. The molecule has 0 radical (unpaired) electrons. The van der Waals surface area contributed by atoms with Crippen molar-refractivity contribution in [3.8, 4) is 17.2 Å². The minimum absolute atomic E-state index is 0.0976. The van der Waals surface area contributed by atoms with Crippen molar-refractivity contribution < 1.29 is 19.0 Å². The summed E-state index contributed by atoms with van der Waals surface area (Å²) in [6, 6.07) is 8.84. The van der Waals surface area contributed by atoms with Crippen LogP contribution < -0.4 is 9.47 Å². The number of methoxy groups -OCH3 is 2. The molecule has 5 nitrogen and oxygen atoms in total. The highest BCUT2D eigenvalue weighted by Crippen LogP contribution is 2.39. The van der Waals surface area contributed by atoms with E-state index in [2.05, 4.69) is 0 Å². The number of carbonyl (C=O) groups excluding carboxylic acids is 1. The van der Waals surface area contributed by atoms with E-state index in [-0.39, 0.29) is 11.9 Å². The van der Waals surface area contributed by atoms with Crippen LogP contribution in [-0.4, -0.2) is 38.1 Å². The average Bonchev–Trinajstić information content (AvgIpc) is 2.62. The lowest BCUT2D eigenvalue weighted by atomic mass is 9.91. The third-order valence-electron chi connectivity index (χ3n) is 4.93. The lowest BCUT2D eigenvalue weighted by Crippen LogP contribution is -2.41. The first kappa shape index (κ1) is 20.8. The van der Waals surface area contributed by atoms with Crippen LogP contribution in [0.1, 0.15) is 35.2 Å². The average molecular weight is 424 g/mol. The lowest BCUT2D eigenvalue weighted by molar-refractivity contribution is 0.0648. The second-order valence-electron chi connectivity index (χ2n) is 6.79. The van der Waals surface area contributed by atoms with Gasteiger partial charge >= 0.3 is 0 Å². The van der Waals surface area contributed by atoms with Crippen molar-refractivity contribution in [1.82, 2.24) is 4.90 Å². The highest BCUT2D eigenvalue weighted by atomic mass is 35.5. The van der Waals surface area contributed by atoms with Crippen LogP contribution >= 0.6 is 23.2 Å². The van der Waals surface area contributed by atoms with E-state index in [4.69, 9.17) is 37.4 Å². The number of hydrogen-bond donors (Lipinski definition) is 0. The highest BCUT2D eigenvalue weighted by molar-refractivity contribution is 6.37. The molecule has 0 aromatic heterocycles. The summed E-state index contributed by atoms with van der Waals surface area (Å²) in [5.41, 5.74) is 1.29. The van der Waals surface area contributed by atoms with Gasteiger partial charge in [-0.3, -0.25) is 4.79 Å². The zero-order chi connectivity index (χ0) is 20.3. The Bertz CT molecular complexity index is 844. The van der Waals surface area contributed by atoms with Crippen LogP contribution in [0.15, 0.2) is 30.3 Å². The molecule has 1 aliphatic carbocycles. The molecule has 0 spiro atoms. The Balaban J connectivity index is 1.88. The Morgan fingerprint density at radius 2 is 1.82 bits per heavy atom. The zero-order valence-corrected chi connectivity index (χ0v) is 17.6. The molecule has 0 N–H and O–H groups in total. The molecule has 0 aliphatic heterocycles. The van der Waals surface area contributed by atoms with Crippen molar-refractivity contribution in [2.75, 3.05) is 21.3 Å². The fraction of sp³-hybridized carbons (Fsp3) is 0.381. The fourth-order valence-corrected chi connectivity index (χ4v) is 3.73. The van der Waals surface area contributed by atoms with Gasteiger partial charge in [0.2, 0.25) is 0 Å². The molecule has 7 heteroatoms. The molecule has 1 fully saturated rings. The number of nitrogens with zero attached hydrogens (tertiary/aromatic N) is 1. The number of benzene rings is 2. The van der Waals surface area contributed by atoms with Crippen molar-refractivity contribution >= 4 is 29.1 Å². The minimum Gasteiger partial charge on any atom is -0.496 e. The van der Waals surface area contributed by atoms with Gasteiger partial charge in [0.25, 0.3) is 5.91 Å². The second-order valence-corrected chi connectivity index (χ2v) is 7.60. The van der Waals surface area contributed by atoms with Gasteiger partial charge in [-0.25, -0.2) is 0 Å². The summed E-state index contributed by atoms with van der Waals surface area (Å²) in [5.74, 6) is 1.18. The van der Waals surface area contributed by atoms with E-state index in [0.29, 0.717) is 39.5 Å². The second kappa shape index (κ2) is 9.03. The number of carbonyl (C=O) groups is 1. The van der Waals surface area contributed by atoms with Gasteiger partial charge < -0.3 is 19.1 Å². The summed E-state index contributed by atoms with van der Waals surface area (Å²) in [4.78, 5) is 14.7. The number of rotatable bonds is 7. The van der Waals surface area contributed by atoms with Crippen LogP contribution in [0.5, 0.6) is 17.2 Å². The molecule has 150 valence electrons. The molecule has 2 aromatic rings. The summed E-state index contributed by atoms with van der Waals surface area (Å²) < 4.78 is 16.4. The van der Waals surface area contributed by atoms with Crippen molar-refractivity contribution in [2.24, 2.45) is 0 Å². The van der Waals surface area contributed by atoms with Crippen molar-refractivity contribution in [1.29, 1.82) is 0 Å². The summed E-state index contributed by atoms with van der Waals surface area (Å²) >= 11 is 12.7. The van der Waals surface area contributed by atoms with Crippen molar-refractivity contribution in [3.63, 3.8) is 0 Å². The van der Waals surface area contributed by atoms with Crippen LogP contribution in [-0.2, 0) is 11.3 Å². The standard InChI is InChI=1S/C21H23Cl2NO4/c1-24(14-5-4-6-14)21(25)16-11-15(7-8-19(16)27-3)28-20-17(22)9-13(12-26-2)10-18(20)23/h7-11,14H,4-6,12H2,1-3H3. The Labute approximate surface area is 175 Å². The maximum atomic E-state index is 12.9. The molecule has 1 aliphatic rings. The predicted octanol–water partition coefficient (Wildman–Crippen LogP) is 5.57. The summed E-state index contributed by atoms with van der Waals surface area (Å²) in [6.07, 6.45) is 3.21. The third-order valence-corrected chi connectivity index (χ3v) is 5.49. The minimum atomic E-state index is -0.0976. The van der Waals surface area contributed by atoms with E-state index in [1.165, 1.54) is 7.11 Å². The van der Waals surface area contributed by atoms with Crippen LogP contribution in [0.3, 0.4) is 0 Å². The van der Waals surface area contributed by atoms with E-state index in [9.17, 15) is 4.79 Å². The number of halogens is 2. The molecule has 28 heavy (non-hydrogen) atoms. The maximum Gasteiger partial charge on any atom is 0.257 e. The summed E-state index contributed by atoms with van der Waals surface area (Å²) in [7, 11) is 4.96. The Kier molecular flexibility index (Phi) is 6.70. The zero-order valence-electron chi connectivity index (χ0n) is 16.1. The van der Waals surface area contributed by atoms with Gasteiger partial charge in [-0.15, -0.1) is 0 Å². The smallest absolute Gasteiger partial charge is 0.257 e. The van der Waals surface area contributed by atoms with Crippen molar-refractivity contribution in [2.45, 2.75) is 31.9 Å². The molecule has 2 aromatic carbocycles. The van der Waals surface area contributed by atoms with E-state index in [1.54, 1.807) is 42.3 Å². The monoisotopic (exact) mass is 423 g/mol. The van der Waals surface area contributed by atoms with Gasteiger partial charge in [-0.1, -0.05) is 23.2 Å². The summed E-state index contributed by atoms with van der Waals surface area (Å²) in [6.45, 7) is 0.397. The number of amides is 1. The molecule has 1 saturated carbocycles. The first-order valence-corrected chi connectivity index (χ1v) is 9.80. The van der Waals surface area contributed by atoms with Gasteiger partial charge in [0.1, 0.15) is 11.5 Å². The van der Waals surface area contributed by atoms with Crippen molar-refractivity contribution in [3.05, 3.63) is 51.5 Å². The molecule has 0 unspecified atom stereocenters. The normalized spacial score (nSPS) is 13.8. The van der Waals surface area contributed by atoms with E-state index in [1.807, 2.05) is 7.05 Å². The van der Waals surface area contributed by atoms with E-state index < -0.39 is 0 Å². The maximum absolute atomic E-state index is 12.9. The predicted molar refractivity (Wildman–Crippen MR) is 110 cm³/mol. The van der Waals surface area contributed by atoms with E-state index in [0.717, 1.165) is 24.8 Å². The first-order valence-electron chi connectivity index (χ1n) is 9.04. The molecule has 3 rings (SSSR count). The van der Waals surface area contributed by atoms with Gasteiger partial charge in [-0.2, -0.15) is 0 Å². The van der Waals surface area contributed by atoms with Crippen LogP contribution in [0.2, 0.25) is 10.0 Å². The molecule has 0 bridgehead atoms.